The Bertz CT molecular complexity index is 1570. The van der Waals surface area contributed by atoms with E-state index in [1.807, 2.05) is 12.1 Å². The third kappa shape index (κ3) is 4.58. The van der Waals surface area contributed by atoms with Crippen LogP contribution in [0.5, 0.6) is 0 Å². The van der Waals surface area contributed by atoms with E-state index in [0.29, 0.717) is 25.2 Å². The molecule has 0 saturated heterocycles. The molecule has 35 heavy (non-hydrogen) atoms. The van der Waals surface area contributed by atoms with Gasteiger partial charge in [-0.1, -0.05) is 36.4 Å². The first-order chi connectivity index (χ1) is 17.1. The smallest absolute Gasteiger partial charge is 0.230 e. The largest absolute Gasteiger partial charge is 0.424 e. The van der Waals surface area contributed by atoms with E-state index >= 15 is 0 Å². The fourth-order valence-corrected chi connectivity index (χ4v) is 5.86. The first-order valence-corrected chi connectivity index (χ1v) is 12.8. The first-order valence-electron chi connectivity index (χ1n) is 11.2. The zero-order chi connectivity index (χ0) is 23.8. The molecule has 1 aliphatic carbocycles. The summed E-state index contributed by atoms with van der Waals surface area (Å²) in [6.07, 6.45) is 1.74. The van der Waals surface area contributed by atoms with Crippen molar-refractivity contribution in [2.75, 3.05) is 0 Å². The monoisotopic (exact) mass is 497 g/mol. The molecule has 1 saturated carbocycles. The molecule has 0 atom stereocenters. The molecule has 0 aliphatic heterocycles. The maximum atomic E-state index is 12.1. The number of fused-ring (bicyclic) bond motifs is 1. The fraction of sp³-hybridized carbons (Fsp3) is 0.192. The number of rotatable bonds is 7. The van der Waals surface area contributed by atoms with Crippen molar-refractivity contribution in [3.8, 4) is 27.0 Å². The Balaban J connectivity index is 1.15. The summed E-state index contributed by atoms with van der Waals surface area (Å²) in [5.41, 5.74) is 2.61. The Morgan fingerprint density at radius 3 is 2.54 bits per heavy atom. The van der Waals surface area contributed by atoms with Gasteiger partial charge in [0.2, 0.25) is 17.7 Å². The predicted molar refractivity (Wildman–Crippen MR) is 135 cm³/mol. The summed E-state index contributed by atoms with van der Waals surface area (Å²) < 4.78 is 6.76. The lowest BCUT2D eigenvalue weighted by atomic mass is 10.1. The Kier molecular flexibility index (Phi) is 5.40. The van der Waals surface area contributed by atoms with Crippen LogP contribution in [0.15, 0.2) is 65.1 Å². The number of carbonyl (C=O) groups excluding carboxylic acids is 1. The highest BCUT2D eigenvalue weighted by Gasteiger charge is 2.44. The molecule has 3 heterocycles. The van der Waals surface area contributed by atoms with Crippen molar-refractivity contribution in [1.29, 1.82) is 5.26 Å². The van der Waals surface area contributed by atoms with Crippen LogP contribution in [0, 0.1) is 11.3 Å². The number of hydrogen-bond donors (Lipinski definition) is 1. The molecule has 1 amide bonds. The van der Waals surface area contributed by atoms with Crippen LogP contribution in [0.25, 0.3) is 31.1 Å². The standard InChI is InChI=1S/C26H19N5O2S2/c27-15-26(10-11-26)29-22(32)13-23-30-31-24(33-23)14-25-28-18-7-6-17(12-21(18)35-25)20-9-8-19(34-20)16-4-2-1-3-5-16/h1-9,12H,10-11,13-14H2,(H,29,32). The van der Waals surface area contributed by atoms with Gasteiger partial charge in [-0.3, -0.25) is 4.79 Å². The summed E-state index contributed by atoms with van der Waals surface area (Å²) >= 11 is 3.37. The van der Waals surface area contributed by atoms with Crippen LogP contribution in [0.4, 0.5) is 0 Å². The van der Waals surface area contributed by atoms with Crippen LogP contribution in [0.3, 0.4) is 0 Å². The summed E-state index contributed by atoms with van der Waals surface area (Å²) in [7, 11) is 0. The quantitative estimate of drug-likeness (QED) is 0.324. The molecule has 1 fully saturated rings. The SMILES string of the molecule is N#CC1(NC(=O)Cc2nnc(Cc3nc4ccc(-c5ccc(-c6ccccc6)s5)cc4s3)o2)CC1. The van der Waals surface area contributed by atoms with E-state index in [0.717, 1.165) is 20.8 Å². The minimum absolute atomic E-state index is 0.0363. The van der Waals surface area contributed by atoms with Crippen molar-refractivity contribution >= 4 is 38.8 Å². The van der Waals surface area contributed by atoms with Crippen LogP contribution in [0.1, 0.15) is 29.6 Å². The minimum atomic E-state index is -0.702. The fourth-order valence-electron chi connectivity index (χ4n) is 3.85. The zero-order valence-corrected chi connectivity index (χ0v) is 20.2. The van der Waals surface area contributed by atoms with Crippen LogP contribution in [-0.4, -0.2) is 26.6 Å². The van der Waals surface area contributed by atoms with E-state index in [1.165, 1.54) is 15.3 Å². The Hall–Kier alpha value is -3.87. The van der Waals surface area contributed by atoms with Crippen molar-refractivity contribution in [2.24, 2.45) is 0 Å². The number of aromatic nitrogens is 3. The molecule has 9 heteroatoms. The van der Waals surface area contributed by atoms with Crippen molar-refractivity contribution in [3.63, 3.8) is 0 Å². The summed E-state index contributed by atoms with van der Waals surface area (Å²) in [6, 6.07) is 23.2. The highest BCUT2D eigenvalue weighted by molar-refractivity contribution is 7.19. The average molecular weight is 498 g/mol. The van der Waals surface area contributed by atoms with E-state index in [-0.39, 0.29) is 18.2 Å². The normalized spacial score (nSPS) is 14.0. The third-order valence-electron chi connectivity index (χ3n) is 5.85. The third-order valence-corrected chi connectivity index (χ3v) is 8.05. The van der Waals surface area contributed by atoms with Gasteiger partial charge < -0.3 is 9.73 Å². The van der Waals surface area contributed by atoms with Gasteiger partial charge in [0.15, 0.2) is 0 Å². The maximum Gasteiger partial charge on any atom is 0.230 e. The molecule has 172 valence electrons. The van der Waals surface area contributed by atoms with Gasteiger partial charge in [-0.05, 0) is 48.2 Å². The van der Waals surface area contributed by atoms with E-state index in [1.54, 1.807) is 22.7 Å². The number of nitrogens with zero attached hydrogens (tertiary/aromatic N) is 4. The van der Waals surface area contributed by atoms with E-state index in [2.05, 4.69) is 70.1 Å². The number of hydrogen-bond acceptors (Lipinski definition) is 8. The van der Waals surface area contributed by atoms with Crippen LogP contribution in [-0.2, 0) is 17.6 Å². The average Bonchev–Trinajstić information content (AvgIpc) is 3.23. The van der Waals surface area contributed by atoms with Gasteiger partial charge in [0.25, 0.3) is 0 Å². The lowest BCUT2D eigenvalue weighted by molar-refractivity contribution is -0.121. The lowest BCUT2D eigenvalue weighted by Crippen LogP contribution is -2.36. The minimum Gasteiger partial charge on any atom is -0.424 e. The van der Waals surface area contributed by atoms with Gasteiger partial charge in [-0.2, -0.15) is 5.26 Å². The van der Waals surface area contributed by atoms with Crippen LogP contribution in [0.2, 0.25) is 0 Å². The number of nitriles is 1. The molecule has 1 N–H and O–H groups in total. The molecule has 0 unspecified atom stereocenters. The van der Waals surface area contributed by atoms with Crippen molar-refractivity contribution in [2.45, 2.75) is 31.2 Å². The lowest BCUT2D eigenvalue weighted by Gasteiger charge is -2.06. The molecular weight excluding hydrogens is 478 g/mol. The summed E-state index contributed by atoms with van der Waals surface area (Å²) in [6.45, 7) is 0. The Morgan fingerprint density at radius 2 is 1.77 bits per heavy atom. The second-order valence-corrected chi connectivity index (χ2v) is 10.7. The highest BCUT2D eigenvalue weighted by atomic mass is 32.1. The van der Waals surface area contributed by atoms with Crippen molar-refractivity contribution in [1.82, 2.24) is 20.5 Å². The van der Waals surface area contributed by atoms with Gasteiger partial charge in [0.1, 0.15) is 17.0 Å². The molecule has 6 rings (SSSR count). The number of thiophene rings is 1. The molecule has 0 spiro atoms. The number of thiazole rings is 1. The molecular formula is C26H19N5O2S2. The molecule has 2 aromatic carbocycles. The van der Waals surface area contributed by atoms with Crippen LogP contribution >= 0.6 is 22.7 Å². The number of carbonyl (C=O) groups is 1. The van der Waals surface area contributed by atoms with Gasteiger partial charge in [-0.25, -0.2) is 4.98 Å². The summed E-state index contributed by atoms with van der Waals surface area (Å²) in [4.78, 5) is 19.3. The maximum absolute atomic E-state index is 12.1. The molecule has 3 aromatic heterocycles. The van der Waals surface area contributed by atoms with E-state index < -0.39 is 5.54 Å². The van der Waals surface area contributed by atoms with Crippen molar-refractivity contribution < 1.29 is 9.21 Å². The molecule has 7 nitrogen and oxygen atoms in total. The topological polar surface area (TPSA) is 105 Å². The second kappa shape index (κ2) is 8.73. The van der Waals surface area contributed by atoms with Crippen LogP contribution < -0.4 is 5.32 Å². The van der Waals surface area contributed by atoms with Gasteiger partial charge in [0.05, 0.1) is 22.7 Å². The molecule has 0 bridgehead atoms. The summed E-state index contributed by atoms with van der Waals surface area (Å²) in [5, 5.41) is 20.8. The zero-order valence-electron chi connectivity index (χ0n) is 18.5. The number of amides is 1. The Morgan fingerprint density at radius 1 is 1.00 bits per heavy atom. The Labute approximate surface area is 209 Å². The molecule has 0 radical (unpaired) electrons. The van der Waals surface area contributed by atoms with E-state index in [9.17, 15) is 4.79 Å². The van der Waals surface area contributed by atoms with Gasteiger partial charge >= 0.3 is 0 Å². The van der Waals surface area contributed by atoms with Gasteiger partial charge in [-0.15, -0.1) is 32.9 Å². The van der Waals surface area contributed by atoms with E-state index in [4.69, 9.17) is 14.7 Å². The summed E-state index contributed by atoms with van der Waals surface area (Å²) in [5.74, 6) is 0.372. The molecule has 1 aliphatic rings. The first kappa shape index (κ1) is 21.6. The molecule has 5 aromatic rings. The number of nitrogens with one attached hydrogen (secondary N) is 1. The highest BCUT2D eigenvalue weighted by Crippen LogP contribution is 2.37. The number of benzene rings is 2. The predicted octanol–water partition coefficient (Wildman–Crippen LogP) is 5.38. The van der Waals surface area contributed by atoms with Crippen molar-refractivity contribution in [3.05, 3.63) is 77.5 Å². The second-order valence-electron chi connectivity index (χ2n) is 8.51. The van der Waals surface area contributed by atoms with Gasteiger partial charge in [0, 0.05) is 9.75 Å².